The lowest BCUT2D eigenvalue weighted by molar-refractivity contribution is 0.171. The lowest BCUT2D eigenvalue weighted by atomic mass is 10.1. The number of hydrogen-bond acceptors (Lipinski definition) is 5. The molecule has 2 aromatic carbocycles. The van der Waals surface area contributed by atoms with E-state index in [1.54, 1.807) is 14.2 Å². The third-order valence-electron chi connectivity index (χ3n) is 4.31. The van der Waals surface area contributed by atoms with E-state index in [9.17, 15) is 4.79 Å². The molecule has 1 heterocycles. The number of benzene rings is 2. The van der Waals surface area contributed by atoms with Crippen molar-refractivity contribution in [3.05, 3.63) is 47.5 Å². The predicted molar refractivity (Wildman–Crippen MR) is 101 cm³/mol. The summed E-state index contributed by atoms with van der Waals surface area (Å²) in [6.07, 6.45) is 0. The van der Waals surface area contributed by atoms with Gasteiger partial charge in [-0.1, -0.05) is 12.1 Å². The largest absolute Gasteiger partial charge is 0.493 e. The third-order valence-corrected chi connectivity index (χ3v) is 4.31. The van der Waals surface area contributed by atoms with Gasteiger partial charge in [-0.3, -0.25) is 0 Å². The highest BCUT2D eigenvalue weighted by molar-refractivity contribution is 5.74. The van der Waals surface area contributed by atoms with E-state index in [2.05, 4.69) is 10.6 Å². The second-order valence-corrected chi connectivity index (χ2v) is 6.14. The van der Waals surface area contributed by atoms with Gasteiger partial charge < -0.3 is 29.6 Å². The first kappa shape index (κ1) is 18.7. The van der Waals surface area contributed by atoms with Crippen LogP contribution in [0.3, 0.4) is 0 Å². The van der Waals surface area contributed by atoms with Crippen LogP contribution >= 0.6 is 0 Å². The van der Waals surface area contributed by atoms with Gasteiger partial charge in [-0.05, 0) is 42.3 Å². The predicted octanol–water partition coefficient (Wildman–Crippen LogP) is 3.04. The average molecular weight is 372 g/mol. The number of methoxy groups -OCH3 is 2. The molecule has 1 unspecified atom stereocenters. The topological polar surface area (TPSA) is 78.1 Å². The maximum Gasteiger partial charge on any atom is 0.315 e. The second-order valence-electron chi connectivity index (χ2n) is 6.14. The molecule has 0 bridgehead atoms. The van der Waals surface area contributed by atoms with Crippen LogP contribution in [0.15, 0.2) is 36.4 Å². The number of hydrogen-bond donors (Lipinski definition) is 2. The van der Waals surface area contributed by atoms with Crippen LogP contribution in [0, 0.1) is 0 Å². The molecule has 0 aromatic heterocycles. The van der Waals surface area contributed by atoms with Crippen molar-refractivity contribution in [2.24, 2.45) is 0 Å². The normalized spacial score (nSPS) is 13.4. The Morgan fingerprint density at radius 3 is 2.52 bits per heavy atom. The number of ether oxygens (including phenoxy) is 4. The molecule has 0 radical (unpaired) electrons. The summed E-state index contributed by atoms with van der Waals surface area (Å²) in [5.41, 5.74) is 1.86. The average Bonchev–Trinajstić information content (AvgIpc) is 2.71. The van der Waals surface area contributed by atoms with Crippen molar-refractivity contribution < 1.29 is 23.7 Å². The minimum Gasteiger partial charge on any atom is -0.493 e. The molecule has 7 nitrogen and oxygen atoms in total. The Hall–Kier alpha value is -3.09. The Labute approximate surface area is 158 Å². The summed E-state index contributed by atoms with van der Waals surface area (Å²) in [6.45, 7) is 3.39. The van der Waals surface area contributed by atoms with E-state index in [1.807, 2.05) is 43.3 Å². The molecule has 2 N–H and O–H groups in total. The van der Waals surface area contributed by atoms with Crippen LogP contribution in [0.2, 0.25) is 0 Å². The lowest BCUT2D eigenvalue weighted by Gasteiger charge is -2.19. The monoisotopic (exact) mass is 372 g/mol. The van der Waals surface area contributed by atoms with Crippen molar-refractivity contribution in [2.45, 2.75) is 19.5 Å². The molecule has 0 saturated heterocycles. The first-order chi connectivity index (χ1) is 13.1. The Morgan fingerprint density at radius 2 is 1.78 bits per heavy atom. The van der Waals surface area contributed by atoms with E-state index in [1.165, 1.54) is 0 Å². The van der Waals surface area contributed by atoms with Gasteiger partial charge in [-0.2, -0.15) is 0 Å². The summed E-state index contributed by atoms with van der Waals surface area (Å²) in [5.74, 6) is 2.72. The van der Waals surface area contributed by atoms with Crippen LogP contribution in [0.25, 0.3) is 0 Å². The van der Waals surface area contributed by atoms with Crippen molar-refractivity contribution in [2.75, 3.05) is 27.4 Å². The molecule has 2 amide bonds. The van der Waals surface area contributed by atoms with Crippen molar-refractivity contribution in [1.29, 1.82) is 0 Å². The van der Waals surface area contributed by atoms with Gasteiger partial charge in [0, 0.05) is 6.54 Å². The van der Waals surface area contributed by atoms with E-state index in [0.29, 0.717) is 37.0 Å². The zero-order valence-corrected chi connectivity index (χ0v) is 15.7. The molecule has 0 aliphatic carbocycles. The molecule has 1 atom stereocenters. The Morgan fingerprint density at radius 1 is 1.04 bits per heavy atom. The minimum absolute atomic E-state index is 0.190. The molecule has 0 spiro atoms. The summed E-state index contributed by atoms with van der Waals surface area (Å²) in [6, 6.07) is 10.8. The maximum atomic E-state index is 12.2. The van der Waals surface area contributed by atoms with Gasteiger partial charge in [0.2, 0.25) is 0 Å². The van der Waals surface area contributed by atoms with E-state index in [4.69, 9.17) is 18.9 Å². The van der Waals surface area contributed by atoms with E-state index < -0.39 is 0 Å². The van der Waals surface area contributed by atoms with Crippen LogP contribution in [-0.4, -0.2) is 33.5 Å². The van der Waals surface area contributed by atoms with E-state index in [-0.39, 0.29) is 12.1 Å². The number of rotatable bonds is 6. The summed E-state index contributed by atoms with van der Waals surface area (Å²) in [5, 5.41) is 5.77. The molecule has 27 heavy (non-hydrogen) atoms. The van der Waals surface area contributed by atoms with Crippen molar-refractivity contribution in [3.63, 3.8) is 0 Å². The van der Waals surface area contributed by atoms with Crippen molar-refractivity contribution in [3.8, 4) is 23.0 Å². The van der Waals surface area contributed by atoms with Gasteiger partial charge >= 0.3 is 6.03 Å². The van der Waals surface area contributed by atoms with Crippen LogP contribution in [-0.2, 0) is 6.54 Å². The first-order valence-corrected chi connectivity index (χ1v) is 8.75. The highest BCUT2D eigenvalue weighted by Gasteiger charge is 2.14. The van der Waals surface area contributed by atoms with E-state index >= 15 is 0 Å². The number of fused-ring (bicyclic) bond motifs is 1. The summed E-state index contributed by atoms with van der Waals surface area (Å²) < 4.78 is 21.6. The van der Waals surface area contributed by atoms with E-state index in [0.717, 1.165) is 16.9 Å². The molecule has 0 saturated carbocycles. The SMILES string of the molecule is COc1ccc(C(C)NC(=O)NCc2ccc3c(c2)OCCO3)cc1OC. The van der Waals surface area contributed by atoms with Crippen LogP contribution in [0.5, 0.6) is 23.0 Å². The number of carbonyl (C=O) groups is 1. The van der Waals surface area contributed by atoms with Crippen molar-refractivity contribution >= 4 is 6.03 Å². The third kappa shape index (κ3) is 4.55. The number of nitrogens with one attached hydrogen (secondary N) is 2. The zero-order valence-electron chi connectivity index (χ0n) is 15.7. The molecule has 2 aromatic rings. The standard InChI is InChI=1S/C20H24N2O5/c1-13(15-5-7-16(24-2)18(11-15)25-3)22-20(23)21-12-14-4-6-17-19(10-14)27-9-8-26-17/h4-7,10-11,13H,8-9,12H2,1-3H3,(H2,21,22,23). The molecule has 7 heteroatoms. The van der Waals surface area contributed by atoms with Gasteiger partial charge in [-0.15, -0.1) is 0 Å². The number of amides is 2. The quantitative estimate of drug-likeness (QED) is 0.815. The second kappa shape index (κ2) is 8.53. The Bertz CT molecular complexity index is 809. The lowest BCUT2D eigenvalue weighted by Crippen LogP contribution is -2.36. The molecule has 144 valence electrons. The van der Waals surface area contributed by atoms with Gasteiger partial charge in [0.25, 0.3) is 0 Å². The number of carbonyl (C=O) groups excluding carboxylic acids is 1. The van der Waals surface area contributed by atoms with Crippen molar-refractivity contribution in [1.82, 2.24) is 10.6 Å². The maximum absolute atomic E-state index is 12.2. The molecular weight excluding hydrogens is 348 g/mol. The fraction of sp³-hybridized carbons (Fsp3) is 0.350. The highest BCUT2D eigenvalue weighted by atomic mass is 16.6. The van der Waals surface area contributed by atoms with Gasteiger partial charge in [0.15, 0.2) is 23.0 Å². The summed E-state index contributed by atoms with van der Waals surface area (Å²) in [4.78, 5) is 12.2. The fourth-order valence-electron chi connectivity index (χ4n) is 2.83. The zero-order chi connectivity index (χ0) is 19.2. The highest BCUT2D eigenvalue weighted by Crippen LogP contribution is 2.31. The number of urea groups is 1. The van der Waals surface area contributed by atoms with Gasteiger partial charge in [-0.25, -0.2) is 4.79 Å². The van der Waals surface area contributed by atoms with Gasteiger partial charge in [0.1, 0.15) is 13.2 Å². The van der Waals surface area contributed by atoms with Crippen LogP contribution in [0.4, 0.5) is 4.79 Å². The molecular formula is C20H24N2O5. The van der Waals surface area contributed by atoms with Crippen LogP contribution < -0.4 is 29.6 Å². The smallest absolute Gasteiger partial charge is 0.315 e. The molecule has 3 rings (SSSR count). The Balaban J connectivity index is 1.56. The molecule has 1 aliphatic rings. The minimum atomic E-state index is -0.257. The summed E-state index contributed by atoms with van der Waals surface area (Å²) in [7, 11) is 3.17. The molecule has 1 aliphatic heterocycles. The Kier molecular flexibility index (Phi) is 5.90. The van der Waals surface area contributed by atoms with Gasteiger partial charge in [0.05, 0.1) is 20.3 Å². The fourth-order valence-corrected chi connectivity index (χ4v) is 2.83. The summed E-state index contributed by atoms with van der Waals surface area (Å²) >= 11 is 0. The first-order valence-electron chi connectivity index (χ1n) is 8.75. The van der Waals surface area contributed by atoms with Crippen LogP contribution in [0.1, 0.15) is 24.1 Å². The molecule has 0 fully saturated rings.